The maximum atomic E-state index is 12.4. The van der Waals surface area contributed by atoms with E-state index in [0.717, 1.165) is 23.1 Å². The zero-order chi connectivity index (χ0) is 19.4. The lowest BCUT2D eigenvalue weighted by Crippen LogP contribution is -2.39. The highest BCUT2D eigenvalue weighted by Gasteiger charge is 2.26. The number of nitrogens with zero attached hydrogens (tertiary/aromatic N) is 2. The number of benzene rings is 2. The van der Waals surface area contributed by atoms with Gasteiger partial charge in [0.25, 0.3) is 0 Å². The standard InChI is InChI=1S/C23H26N2O2/c1-23(2,3)27-22(26)25-12-11-18-9-10-19(14-21(18)16-25)20(15-24)13-17-7-5-4-6-8-17/h4-10,14,20H,11-13,16H2,1-3H3. The van der Waals surface area contributed by atoms with Crippen molar-refractivity contribution in [3.63, 3.8) is 0 Å². The molecule has 2 aromatic rings. The number of fused-ring (bicyclic) bond motifs is 1. The molecule has 0 saturated heterocycles. The molecule has 1 amide bonds. The second-order valence-electron chi connectivity index (χ2n) is 8.05. The average Bonchev–Trinajstić information content (AvgIpc) is 2.64. The summed E-state index contributed by atoms with van der Waals surface area (Å²) in [5.41, 5.74) is 4.01. The van der Waals surface area contributed by atoms with Crippen LogP contribution in [0.4, 0.5) is 4.79 Å². The predicted octanol–water partition coefficient (Wildman–Crippen LogP) is 4.83. The van der Waals surface area contributed by atoms with Crippen LogP contribution in [0.25, 0.3) is 0 Å². The van der Waals surface area contributed by atoms with Gasteiger partial charge in [-0.1, -0.05) is 48.5 Å². The maximum absolute atomic E-state index is 12.4. The van der Waals surface area contributed by atoms with Crippen molar-refractivity contribution in [2.75, 3.05) is 6.54 Å². The molecule has 1 heterocycles. The predicted molar refractivity (Wildman–Crippen MR) is 105 cm³/mol. The van der Waals surface area contributed by atoms with E-state index in [4.69, 9.17) is 4.74 Å². The molecule has 0 N–H and O–H groups in total. The second-order valence-corrected chi connectivity index (χ2v) is 8.05. The summed E-state index contributed by atoms with van der Waals surface area (Å²) in [4.78, 5) is 14.1. The van der Waals surface area contributed by atoms with Gasteiger partial charge in [0.2, 0.25) is 0 Å². The van der Waals surface area contributed by atoms with Crippen LogP contribution in [0.5, 0.6) is 0 Å². The Kier molecular flexibility index (Phi) is 5.51. The Hall–Kier alpha value is -2.80. The highest BCUT2D eigenvalue weighted by molar-refractivity contribution is 5.68. The Labute approximate surface area is 161 Å². The minimum atomic E-state index is -0.499. The minimum Gasteiger partial charge on any atom is -0.444 e. The van der Waals surface area contributed by atoms with Crippen molar-refractivity contribution in [2.45, 2.75) is 51.7 Å². The Balaban J connectivity index is 1.77. The van der Waals surface area contributed by atoms with Gasteiger partial charge >= 0.3 is 6.09 Å². The van der Waals surface area contributed by atoms with Gasteiger partial charge in [-0.2, -0.15) is 5.26 Å². The third-order valence-corrected chi connectivity index (χ3v) is 4.74. The van der Waals surface area contributed by atoms with Gasteiger partial charge in [-0.25, -0.2) is 4.79 Å². The molecule has 1 aliphatic rings. The van der Waals surface area contributed by atoms with E-state index >= 15 is 0 Å². The van der Waals surface area contributed by atoms with E-state index in [1.165, 1.54) is 5.56 Å². The highest BCUT2D eigenvalue weighted by atomic mass is 16.6. The zero-order valence-electron chi connectivity index (χ0n) is 16.2. The Morgan fingerprint density at radius 2 is 1.93 bits per heavy atom. The van der Waals surface area contributed by atoms with Crippen LogP contribution in [0, 0.1) is 11.3 Å². The number of carbonyl (C=O) groups excluding carboxylic acids is 1. The third kappa shape index (κ3) is 4.89. The molecule has 27 heavy (non-hydrogen) atoms. The molecule has 2 aromatic carbocycles. The topological polar surface area (TPSA) is 53.3 Å². The third-order valence-electron chi connectivity index (χ3n) is 4.74. The largest absolute Gasteiger partial charge is 0.444 e. The van der Waals surface area contributed by atoms with Gasteiger partial charge in [-0.15, -0.1) is 0 Å². The van der Waals surface area contributed by atoms with E-state index < -0.39 is 5.60 Å². The molecule has 0 spiro atoms. The molecule has 0 radical (unpaired) electrons. The molecule has 0 saturated carbocycles. The summed E-state index contributed by atoms with van der Waals surface area (Å²) < 4.78 is 5.50. The molecule has 0 fully saturated rings. The summed E-state index contributed by atoms with van der Waals surface area (Å²) in [6.45, 7) is 6.82. The van der Waals surface area contributed by atoms with Crippen LogP contribution in [0.1, 0.15) is 48.9 Å². The van der Waals surface area contributed by atoms with Crippen LogP contribution in [0.2, 0.25) is 0 Å². The lowest BCUT2D eigenvalue weighted by atomic mass is 9.89. The Morgan fingerprint density at radius 3 is 2.59 bits per heavy atom. The quantitative estimate of drug-likeness (QED) is 0.786. The lowest BCUT2D eigenvalue weighted by Gasteiger charge is -2.31. The number of hydrogen-bond donors (Lipinski definition) is 0. The summed E-state index contributed by atoms with van der Waals surface area (Å²) in [7, 11) is 0. The fraction of sp³-hybridized carbons (Fsp3) is 0.391. The van der Waals surface area contributed by atoms with Crippen molar-refractivity contribution in [1.82, 2.24) is 4.90 Å². The fourth-order valence-corrected chi connectivity index (χ4v) is 3.36. The van der Waals surface area contributed by atoms with Crippen LogP contribution in [0.3, 0.4) is 0 Å². The molecule has 0 aliphatic carbocycles. The molecule has 140 valence electrons. The number of nitriles is 1. The summed E-state index contributed by atoms with van der Waals surface area (Å²) >= 11 is 0. The monoisotopic (exact) mass is 362 g/mol. The van der Waals surface area contributed by atoms with Gasteiger partial charge in [0.15, 0.2) is 0 Å². The summed E-state index contributed by atoms with van der Waals surface area (Å²) in [5.74, 6) is -0.199. The first-order valence-corrected chi connectivity index (χ1v) is 9.39. The van der Waals surface area contributed by atoms with E-state index in [0.29, 0.717) is 19.5 Å². The van der Waals surface area contributed by atoms with E-state index in [1.807, 2.05) is 51.1 Å². The van der Waals surface area contributed by atoms with Crippen molar-refractivity contribution in [3.8, 4) is 6.07 Å². The molecule has 3 rings (SSSR count). The smallest absolute Gasteiger partial charge is 0.410 e. The van der Waals surface area contributed by atoms with Crippen LogP contribution in [-0.2, 0) is 24.1 Å². The van der Waals surface area contributed by atoms with E-state index in [2.05, 4.69) is 24.3 Å². The van der Waals surface area contributed by atoms with Crippen LogP contribution >= 0.6 is 0 Å². The van der Waals surface area contributed by atoms with Gasteiger partial charge in [0.05, 0.1) is 12.0 Å². The number of rotatable bonds is 3. The first kappa shape index (κ1) is 19.0. The van der Waals surface area contributed by atoms with Gasteiger partial charge in [0.1, 0.15) is 5.60 Å². The fourth-order valence-electron chi connectivity index (χ4n) is 3.36. The molecular formula is C23H26N2O2. The SMILES string of the molecule is CC(C)(C)OC(=O)N1CCc2ccc(C(C#N)Cc3ccccc3)cc2C1. The van der Waals surface area contributed by atoms with Crippen molar-refractivity contribution >= 4 is 6.09 Å². The number of ether oxygens (including phenoxy) is 1. The Morgan fingerprint density at radius 1 is 1.19 bits per heavy atom. The first-order chi connectivity index (χ1) is 12.9. The maximum Gasteiger partial charge on any atom is 0.410 e. The van der Waals surface area contributed by atoms with Gasteiger partial charge in [0, 0.05) is 13.1 Å². The number of hydrogen-bond acceptors (Lipinski definition) is 3. The van der Waals surface area contributed by atoms with Gasteiger partial charge < -0.3 is 9.64 Å². The van der Waals surface area contributed by atoms with Crippen LogP contribution in [0.15, 0.2) is 48.5 Å². The minimum absolute atomic E-state index is 0.199. The van der Waals surface area contributed by atoms with Crippen molar-refractivity contribution < 1.29 is 9.53 Å². The van der Waals surface area contributed by atoms with Crippen LogP contribution in [-0.4, -0.2) is 23.1 Å². The molecular weight excluding hydrogens is 336 g/mol. The molecule has 0 aromatic heterocycles. The molecule has 4 nitrogen and oxygen atoms in total. The molecule has 1 unspecified atom stereocenters. The molecule has 4 heteroatoms. The summed E-state index contributed by atoms with van der Waals surface area (Å²) in [5, 5.41) is 9.68. The van der Waals surface area contributed by atoms with Gasteiger partial charge in [-0.3, -0.25) is 0 Å². The molecule has 1 aliphatic heterocycles. The normalized spacial score (nSPS) is 14.8. The van der Waals surface area contributed by atoms with E-state index in [1.54, 1.807) is 4.90 Å². The summed E-state index contributed by atoms with van der Waals surface area (Å²) in [6.07, 6.45) is 1.22. The number of amides is 1. The van der Waals surface area contributed by atoms with E-state index in [9.17, 15) is 10.1 Å². The van der Waals surface area contributed by atoms with Crippen molar-refractivity contribution in [1.29, 1.82) is 5.26 Å². The molecule has 1 atom stereocenters. The Bertz CT molecular complexity index is 847. The van der Waals surface area contributed by atoms with Crippen LogP contribution < -0.4 is 0 Å². The van der Waals surface area contributed by atoms with Crippen molar-refractivity contribution in [3.05, 3.63) is 70.8 Å². The van der Waals surface area contributed by atoms with Crippen molar-refractivity contribution in [2.24, 2.45) is 0 Å². The highest BCUT2D eigenvalue weighted by Crippen LogP contribution is 2.27. The zero-order valence-corrected chi connectivity index (χ0v) is 16.2. The lowest BCUT2D eigenvalue weighted by molar-refractivity contribution is 0.0224. The second kappa shape index (κ2) is 7.84. The first-order valence-electron chi connectivity index (χ1n) is 9.39. The van der Waals surface area contributed by atoms with Gasteiger partial charge in [-0.05, 0) is 55.9 Å². The summed E-state index contributed by atoms with van der Waals surface area (Å²) in [6, 6.07) is 18.7. The number of carbonyl (C=O) groups is 1. The molecule has 0 bridgehead atoms. The van der Waals surface area contributed by atoms with E-state index in [-0.39, 0.29) is 12.0 Å². The average molecular weight is 362 g/mol.